The van der Waals surface area contributed by atoms with Crippen molar-refractivity contribution in [1.29, 1.82) is 0 Å². The molecule has 1 saturated heterocycles. The molecule has 0 saturated carbocycles. The molecule has 3 amide bonds. The summed E-state index contributed by atoms with van der Waals surface area (Å²) >= 11 is 0. The lowest BCUT2D eigenvalue weighted by molar-refractivity contribution is -0.117. The van der Waals surface area contributed by atoms with Gasteiger partial charge < -0.3 is 15.5 Å². The molecule has 0 aliphatic carbocycles. The number of nitrogens with zero attached hydrogens (tertiary/aromatic N) is 1. The molecule has 0 bridgehead atoms. The Bertz CT molecular complexity index is 851. The van der Waals surface area contributed by atoms with E-state index in [1.807, 2.05) is 0 Å². The number of carbonyl (C=O) groups is 3. The maximum absolute atomic E-state index is 13.0. The Morgan fingerprint density at radius 3 is 2.58 bits per heavy atom. The molecule has 0 spiro atoms. The summed E-state index contributed by atoms with van der Waals surface area (Å²) in [6.45, 7) is 1.76. The minimum atomic E-state index is -0.454. The van der Waals surface area contributed by atoms with Crippen LogP contribution in [0, 0.1) is 5.82 Å². The lowest BCUT2D eigenvalue weighted by atomic mass is 10.1. The summed E-state index contributed by atoms with van der Waals surface area (Å²) in [6, 6.07) is 11.4. The highest BCUT2D eigenvalue weighted by atomic mass is 19.1. The minimum absolute atomic E-state index is 0.0922. The van der Waals surface area contributed by atoms with Gasteiger partial charge in [0.05, 0.1) is 6.04 Å². The second-order valence-electron chi connectivity index (χ2n) is 6.12. The first kappa shape index (κ1) is 17.6. The summed E-state index contributed by atoms with van der Waals surface area (Å²) in [7, 11) is 0. The summed E-state index contributed by atoms with van der Waals surface area (Å²) in [5.74, 6) is -0.604. The number of nitrogens with one attached hydrogen (secondary N) is 2. The highest BCUT2D eigenvalue weighted by Crippen LogP contribution is 2.22. The Kier molecular flexibility index (Phi) is 4.97. The zero-order valence-electron chi connectivity index (χ0n) is 14.2. The maximum atomic E-state index is 13.0. The van der Waals surface area contributed by atoms with Crippen LogP contribution in [0.2, 0.25) is 0 Å². The average molecular weight is 355 g/mol. The molecule has 0 aromatic heterocycles. The molecule has 1 fully saturated rings. The van der Waals surface area contributed by atoms with E-state index in [9.17, 15) is 18.8 Å². The molecule has 1 atom stereocenters. The number of ketones is 1. The molecule has 2 N–H and O–H groups in total. The van der Waals surface area contributed by atoms with Gasteiger partial charge in [-0.3, -0.25) is 9.59 Å². The van der Waals surface area contributed by atoms with Crippen LogP contribution in [0.25, 0.3) is 0 Å². The zero-order valence-corrected chi connectivity index (χ0v) is 14.2. The van der Waals surface area contributed by atoms with E-state index in [1.165, 1.54) is 36.1 Å². The first-order valence-electron chi connectivity index (χ1n) is 8.17. The van der Waals surface area contributed by atoms with E-state index >= 15 is 0 Å². The molecule has 2 aromatic rings. The van der Waals surface area contributed by atoms with Crippen LogP contribution in [0.4, 0.5) is 20.6 Å². The number of anilines is 2. The SMILES string of the molecule is CC(=O)c1cccc(NC(=O)NC2CC(=O)N(c3ccc(F)cc3)C2)c1. The van der Waals surface area contributed by atoms with Crippen LogP contribution < -0.4 is 15.5 Å². The van der Waals surface area contributed by atoms with Crippen molar-refractivity contribution in [3.63, 3.8) is 0 Å². The number of amides is 3. The number of Topliss-reactive ketones (excluding diaryl/α,β-unsaturated/α-hetero) is 1. The van der Waals surface area contributed by atoms with Crippen LogP contribution in [0.3, 0.4) is 0 Å². The smallest absolute Gasteiger partial charge is 0.319 e. The normalized spacial score (nSPS) is 16.5. The van der Waals surface area contributed by atoms with Crippen LogP contribution in [0.1, 0.15) is 23.7 Å². The fourth-order valence-electron chi connectivity index (χ4n) is 2.84. The zero-order chi connectivity index (χ0) is 18.7. The fraction of sp³-hybridized carbons (Fsp3) is 0.211. The monoisotopic (exact) mass is 355 g/mol. The van der Waals surface area contributed by atoms with Gasteiger partial charge in [-0.05, 0) is 43.3 Å². The molecule has 1 aliphatic heterocycles. The maximum Gasteiger partial charge on any atom is 0.319 e. The van der Waals surface area contributed by atoms with Gasteiger partial charge in [0.1, 0.15) is 5.82 Å². The summed E-state index contributed by atoms with van der Waals surface area (Å²) < 4.78 is 13.0. The van der Waals surface area contributed by atoms with Crippen molar-refractivity contribution in [3.05, 3.63) is 59.9 Å². The van der Waals surface area contributed by atoms with Crippen LogP contribution in [0.5, 0.6) is 0 Å². The summed E-state index contributed by atoms with van der Waals surface area (Å²) in [4.78, 5) is 37.2. The number of hydrogen-bond acceptors (Lipinski definition) is 3. The summed E-state index contributed by atoms with van der Waals surface area (Å²) in [5, 5.41) is 5.41. The molecule has 134 valence electrons. The topological polar surface area (TPSA) is 78.5 Å². The summed E-state index contributed by atoms with van der Waals surface area (Å²) in [6.07, 6.45) is 0.165. The molecule has 1 unspecified atom stereocenters. The minimum Gasteiger partial charge on any atom is -0.333 e. The van der Waals surface area contributed by atoms with Crippen molar-refractivity contribution in [2.24, 2.45) is 0 Å². The lowest BCUT2D eigenvalue weighted by Gasteiger charge is -2.17. The second kappa shape index (κ2) is 7.35. The molecule has 3 rings (SSSR count). The fourth-order valence-corrected chi connectivity index (χ4v) is 2.84. The Hall–Kier alpha value is -3.22. The van der Waals surface area contributed by atoms with Crippen molar-refractivity contribution in [2.45, 2.75) is 19.4 Å². The average Bonchev–Trinajstić information content (AvgIpc) is 2.95. The van der Waals surface area contributed by atoms with Gasteiger partial charge in [0, 0.05) is 29.9 Å². The van der Waals surface area contributed by atoms with Gasteiger partial charge in [-0.1, -0.05) is 12.1 Å². The Labute approximate surface area is 150 Å². The quantitative estimate of drug-likeness (QED) is 0.828. The number of carbonyl (C=O) groups excluding carboxylic acids is 3. The molecular weight excluding hydrogens is 337 g/mol. The van der Waals surface area contributed by atoms with E-state index in [0.29, 0.717) is 23.5 Å². The van der Waals surface area contributed by atoms with E-state index in [4.69, 9.17) is 0 Å². The van der Waals surface area contributed by atoms with Gasteiger partial charge in [0.25, 0.3) is 0 Å². The van der Waals surface area contributed by atoms with Crippen molar-refractivity contribution >= 4 is 29.1 Å². The van der Waals surface area contributed by atoms with E-state index in [0.717, 1.165) is 0 Å². The molecule has 6 nitrogen and oxygen atoms in total. The highest BCUT2D eigenvalue weighted by Gasteiger charge is 2.31. The number of hydrogen-bond donors (Lipinski definition) is 2. The van der Waals surface area contributed by atoms with Gasteiger partial charge in [-0.25, -0.2) is 9.18 Å². The third-order valence-electron chi connectivity index (χ3n) is 4.13. The first-order chi connectivity index (χ1) is 12.4. The predicted molar refractivity (Wildman–Crippen MR) is 95.8 cm³/mol. The van der Waals surface area contributed by atoms with Crippen LogP contribution in [0.15, 0.2) is 48.5 Å². The second-order valence-corrected chi connectivity index (χ2v) is 6.12. The standard InChI is InChI=1S/C19H18FN3O3/c1-12(24)13-3-2-4-15(9-13)21-19(26)22-16-10-18(25)23(11-16)17-7-5-14(20)6-8-17/h2-9,16H,10-11H2,1H3,(H2,21,22,26). The molecule has 26 heavy (non-hydrogen) atoms. The largest absolute Gasteiger partial charge is 0.333 e. The highest BCUT2D eigenvalue weighted by molar-refractivity contribution is 5.98. The van der Waals surface area contributed by atoms with E-state index in [-0.39, 0.29) is 30.0 Å². The number of urea groups is 1. The van der Waals surface area contributed by atoms with Crippen molar-refractivity contribution in [3.8, 4) is 0 Å². The summed E-state index contributed by atoms with van der Waals surface area (Å²) in [5.41, 5.74) is 1.59. The molecule has 0 radical (unpaired) electrons. The third kappa shape index (κ3) is 4.05. The third-order valence-corrected chi connectivity index (χ3v) is 4.13. The molecular formula is C19H18FN3O3. The van der Waals surface area contributed by atoms with Gasteiger partial charge in [0.2, 0.25) is 5.91 Å². The van der Waals surface area contributed by atoms with Crippen molar-refractivity contribution in [1.82, 2.24) is 5.32 Å². The Balaban J connectivity index is 1.60. The molecule has 1 aliphatic rings. The van der Waals surface area contributed by atoms with Gasteiger partial charge in [-0.15, -0.1) is 0 Å². The van der Waals surface area contributed by atoms with Gasteiger partial charge in [0.15, 0.2) is 5.78 Å². The molecule has 2 aromatic carbocycles. The van der Waals surface area contributed by atoms with Gasteiger partial charge >= 0.3 is 6.03 Å². The van der Waals surface area contributed by atoms with Gasteiger partial charge in [-0.2, -0.15) is 0 Å². The van der Waals surface area contributed by atoms with Crippen LogP contribution in [-0.4, -0.2) is 30.3 Å². The lowest BCUT2D eigenvalue weighted by Crippen LogP contribution is -2.39. The van der Waals surface area contributed by atoms with E-state index < -0.39 is 6.03 Å². The van der Waals surface area contributed by atoms with Crippen molar-refractivity contribution < 1.29 is 18.8 Å². The first-order valence-corrected chi connectivity index (χ1v) is 8.17. The molecule has 7 heteroatoms. The predicted octanol–water partition coefficient (Wildman–Crippen LogP) is 2.96. The number of halogens is 1. The number of rotatable bonds is 4. The van der Waals surface area contributed by atoms with Crippen LogP contribution >= 0.6 is 0 Å². The Morgan fingerprint density at radius 2 is 1.88 bits per heavy atom. The van der Waals surface area contributed by atoms with Crippen molar-refractivity contribution in [2.75, 3.05) is 16.8 Å². The van der Waals surface area contributed by atoms with E-state index in [2.05, 4.69) is 10.6 Å². The number of benzene rings is 2. The van der Waals surface area contributed by atoms with E-state index in [1.54, 1.807) is 24.3 Å². The molecule has 1 heterocycles. The van der Waals surface area contributed by atoms with Crippen LogP contribution in [-0.2, 0) is 4.79 Å². The Morgan fingerprint density at radius 1 is 1.15 bits per heavy atom.